The van der Waals surface area contributed by atoms with E-state index in [9.17, 15) is 14.4 Å². The molecule has 1 aliphatic carbocycles. The quantitative estimate of drug-likeness (QED) is 0.329. The minimum atomic E-state index is -0.503. The van der Waals surface area contributed by atoms with Gasteiger partial charge in [0.25, 0.3) is 0 Å². The molecule has 0 saturated carbocycles. The third kappa shape index (κ3) is 2.59. The van der Waals surface area contributed by atoms with Crippen LogP contribution in [-0.2, 0) is 19.1 Å². The van der Waals surface area contributed by atoms with Crippen molar-refractivity contribution in [2.75, 3.05) is 13.2 Å². The number of ether oxygens (including phenoxy) is 1. The molecule has 0 bridgehead atoms. The van der Waals surface area contributed by atoms with Crippen molar-refractivity contribution >= 4 is 17.8 Å². The molecule has 1 fully saturated rings. The molecule has 0 aromatic carbocycles. The first-order chi connectivity index (χ1) is 9.02. The fourth-order valence-electron chi connectivity index (χ4n) is 2.43. The van der Waals surface area contributed by atoms with Crippen LogP contribution in [0.15, 0.2) is 24.3 Å². The average Bonchev–Trinajstić information content (AvgIpc) is 2.64. The number of fused-ring (bicyclic) bond motifs is 1. The van der Waals surface area contributed by atoms with Crippen LogP contribution in [0.25, 0.3) is 0 Å². The maximum absolute atomic E-state index is 12.1. The smallest absolute Gasteiger partial charge is 0.333 e. The number of rotatable bonds is 4. The molecule has 2 unspecified atom stereocenters. The summed E-state index contributed by atoms with van der Waals surface area (Å²) in [6.07, 6.45) is 5.30. The maximum atomic E-state index is 12.1. The summed E-state index contributed by atoms with van der Waals surface area (Å²) in [7, 11) is 0. The van der Waals surface area contributed by atoms with Crippen LogP contribution in [0.5, 0.6) is 0 Å². The van der Waals surface area contributed by atoms with Crippen LogP contribution < -0.4 is 0 Å². The highest BCUT2D eigenvalue weighted by atomic mass is 16.5. The van der Waals surface area contributed by atoms with Crippen molar-refractivity contribution in [1.82, 2.24) is 4.90 Å². The molecule has 5 nitrogen and oxygen atoms in total. The van der Waals surface area contributed by atoms with E-state index in [4.69, 9.17) is 4.74 Å². The van der Waals surface area contributed by atoms with Crippen molar-refractivity contribution < 1.29 is 19.1 Å². The van der Waals surface area contributed by atoms with Gasteiger partial charge in [-0.25, -0.2) is 4.79 Å². The third-order valence-electron chi connectivity index (χ3n) is 3.45. The monoisotopic (exact) mass is 263 g/mol. The van der Waals surface area contributed by atoms with Crippen molar-refractivity contribution in [3.63, 3.8) is 0 Å². The van der Waals surface area contributed by atoms with Crippen molar-refractivity contribution in [2.24, 2.45) is 11.8 Å². The van der Waals surface area contributed by atoms with Gasteiger partial charge in [-0.2, -0.15) is 0 Å². The number of carbonyl (C=O) groups excluding carboxylic acids is 3. The van der Waals surface area contributed by atoms with Crippen molar-refractivity contribution in [3.8, 4) is 0 Å². The Bertz CT molecular complexity index is 466. The lowest BCUT2D eigenvalue weighted by Crippen LogP contribution is -2.34. The highest BCUT2D eigenvalue weighted by Gasteiger charge is 2.46. The fourth-order valence-corrected chi connectivity index (χ4v) is 2.43. The Kier molecular flexibility index (Phi) is 3.83. The molecule has 1 aliphatic heterocycles. The summed E-state index contributed by atoms with van der Waals surface area (Å²) in [6, 6.07) is 0. The maximum Gasteiger partial charge on any atom is 0.333 e. The van der Waals surface area contributed by atoms with Crippen LogP contribution >= 0.6 is 0 Å². The Morgan fingerprint density at radius 1 is 1.47 bits per heavy atom. The van der Waals surface area contributed by atoms with Gasteiger partial charge in [-0.3, -0.25) is 14.5 Å². The molecule has 0 radical (unpaired) electrons. The molecule has 1 heterocycles. The predicted molar refractivity (Wildman–Crippen MR) is 67.8 cm³/mol. The van der Waals surface area contributed by atoms with Gasteiger partial charge in [0.1, 0.15) is 6.61 Å². The van der Waals surface area contributed by atoms with Gasteiger partial charge in [-0.15, -0.1) is 0 Å². The number of nitrogens with zero attached hydrogens (tertiary/aromatic N) is 1. The molecule has 2 rings (SSSR count). The van der Waals surface area contributed by atoms with Gasteiger partial charge in [0.05, 0.1) is 18.4 Å². The molecule has 0 aromatic rings. The van der Waals surface area contributed by atoms with Crippen molar-refractivity contribution in [3.05, 3.63) is 24.3 Å². The number of hydrogen-bond acceptors (Lipinski definition) is 4. The summed E-state index contributed by atoms with van der Waals surface area (Å²) < 4.78 is 4.91. The second-order valence-electron chi connectivity index (χ2n) is 4.88. The third-order valence-corrected chi connectivity index (χ3v) is 3.45. The lowest BCUT2D eigenvalue weighted by atomic mass is 9.86. The van der Waals surface area contributed by atoms with Crippen LogP contribution in [0.3, 0.4) is 0 Å². The summed E-state index contributed by atoms with van der Waals surface area (Å²) in [5.41, 5.74) is 0.302. The zero-order valence-corrected chi connectivity index (χ0v) is 10.9. The van der Waals surface area contributed by atoms with Gasteiger partial charge >= 0.3 is 5.97 Å². The Labute approximate surface area is 111 Å². The molecule has 5 heteroatoms. The standard InChI is InChI=1S/C14H17NO4/c1-9(2)14(18)19-8-7-15-12(16)10-5-3-4-6-11(10)13(15)17/h3,5,10-11H,1,4,6-8H2,2H3. The summed E-state index contributed by atoms with van der Waals surface area (Å²) in [5, 5.41) is 0. The molecule has 2 aliphatic rings. The molecule has 2 atom stereocenters. The normalized spacial score (nSPS) is 25.4. The second kappa shape index (κ2) is 5.38. The lowest BCUT2D eigenvalue weighted by Gasteiger charge is -2.14. The summed E-state index contributed by atoms with van der Waals surface area (Å²) in [6.45, 7) is 5.16. The van der Waals surface area contributed by atoms with E-state index in [-0.39, 0.29) is 36.8 Å². The van der Waals surface area contributed by atoms with Gasteiger partial charge < -0.3 is 4.74 Å². The zero-order valence-electron chi connectivity index (χ0n) is 10.9. The molecule has 2 amide bonds. The number of esters is 1. The topological polar surface area (TPSA) is 63.7 Å². The second-order valence-corrected chi connectivity index (χ2v) is 4.88. The van der Waals surface area contributed by atoms with Gasteiger partial charge in [-0.1, -0.05) is 18.7 Å². The molecular weight excluding hydrogens is 246 g/mol. The largest absolute Gasteiger partial charge is 0.460 e. The van der Waals surface area contributed by atoms with E-state index in [2.05, 4.69) is 6.58 Å². The van der Waals surface area contributed by atoms with E-state index in [0.29, 0.717) is 12.0 Å². The number of likely N-dealkylation sites (tertiary alicyclic amines) is 1. The summed E-state index contributed by atoms with van der Waals surface area (Å²) >= 11 is 0. The number of allylic oxidation sites excluding steroid dienone is 1. The van der Waals surface area contributed by atoms with Crippen LogP contribution in [-0.4, -0.2) is 35.8 Å². The Hall–Kier alpha value is -1.91. The van der Waals surface area contributed by atoms with Gasteiger partial charge in [0.15, 0.2) is 0 Å². The first kappa shape index (κ1) is 13.5. The summed E-state index contributed by atoms with van der Waals surface area (Å²) in [5.74, 6) is -1.38. The van der Waals surface area contributed by atoms with E-state index in [1.54, 1.807) is 6.92 Å². The fraction of sp³-hybridized carbons (Fsp3) is 0.500. The van der Waals surface area contributed by atoms with Crippen LogP contribution in [0.1, 0.15) is 19.8 Å². The number of imide groups is 1. The average molecular weight is 263 g/mol. The van der Waals surface area contributed by atoms with E-state index in [1.165, 1.54) is 4.90 Å². The van der Waals surface area contributed by atoms with Crippen molar-refractivity contribution in [2.45, 2.75) is 19.8 Å². The SMILES string of the molecule is C=C(C)C(=O)OCCN1C(=O)C2C=CCCC2C1=O. The summed E-state index contributed by atoms with van der Waals surface area (Å²) in [4.78, 5) is 36.5. The Morgan fingerprint density at radius 3 is 2.84 bits per heavy atom. The van der Waals surface area contributed by atoms with E-state index in [0.717, 1.165) is 6.42 Å². The molecule has 0 spiro atoms. The van der Waals surface area contributed by atoms with Crippen LogP contribution in [0, 0.1) is 11.8 Å². The highest BCUT2D eigenvalue weighted by molar-refractivity contribution is 6.06. The predicted octanol–water partition coefficient (Wildman–Crippen LogP) is 1.06. The zero-order chi connectivity index (χ0) is 14.0. The lowest BCUT2D eigenvalue weighted by molar-refractivity contribution is -0.145. The van der Waals surface area contributed by atoms with Gasteiger partial charge in [0, 0.05) is 5.57 Å². The Balaban J connectivity index is 1.93. The number of hydrogen-bond donors (Lipinski definition) is 0. The molecular formula is C14H17NO4. The molecule has 19 heavy (non-hydrogen) atoms. The van der Waals surface area contributed by atoms with E-state index < -0.39 is 5.97 Å². The highest BCUT2D eigenvalue weighted by Crippen LogP contribution is 2.34. The molecule has 1 saturated heterocycles. The van der Waals surface area contributed by atoms with Crippen molar-refractivity contribution in [1.29, 1.82) is 0 Å². The van der Waals surface area contributed by atoms with Crippen LogP contribution in [0.2, 0.25) is 0 Å². The molecule has 0 N–H and O–H groups in total. The molecule has 0 aromatic heterocycles. The first-order valence-electron chi connectivity index (χ1n) is 6.37. The minimum absolute atomic E-state index is 0.0202. The van der Waals surface area contributed by atoms with E-state index in [1.807, 2.05) is 12.2 Å². The first-order valence-corrected chi connectivity index (χ1v) is 6.37. The van der Waals surface area contributed by atoms with Gasteiger partial charge in [0.2, 0.25) is 11.8 Å². The van der Waals surface area contributed by atoms with Gasteiger partial charge in [-0.05, 0) is 19.8 Å². The number of carbonyl (C=O) groups is 3. The van der Waals surface area contributed by atoms with E-state index >= 15 is 0 Å². The Morgan fingerprint density at radius 2 is 2.21 bits per heavy atom. The number of amides is 2. The molecule has 102 valence electrons. The minimum Gasteiger partial charge on any atom is -0.460 e. The van der Waals surface area contributed by atoms with Crippen LogP contribution in [0.4, 0.5) is 0 Å².